The summed E-state index contributed by atoms with van der Waals surface area (Å²) in [6.45, 7) is 8.34. The van der Waals surface area contributed by atoms with Crippen molar-refractivity contribution in [2.24, 2.45) is 0 Å². The number of rotatable bonds is 4. The van der Waals surface area contributed by atoms with E-state index < -0.39 is 18.3 Å². The van der Waals surface area contributed by atoms with E-state index in [1.165, 1.54) is 22.3 Å². The zero-order valence-electron chi connectivity index (χ0n) is 23.3. The summed E-state index contributed by atoms with van der Waals surface area (Å²) in [6.07, 6.45) is 0. The molecule has 3 nitrogen and oxygen atoms in total. The third kappa shape index (κ3) is 4.16. The fourth-order valence-electron chi connectivity index (χ4n) is 5.59. The zero-order valence-corrected chi connectivity index (χ0v) is 23.3. The summed E-state index contributed by atoms with van der Waals surface area (Å²) in [5.74, 6) is 0. The van der Waals surface area contributed by atoms with Crippen molar-refractivity contribution in [2.45, 2.75) is 38.9 Å². The van der Waals surface area contributed by atoms with E-state index in [1.807, 2.05) is 12.1 Å². The molecule has 1 aliphatic rings. The molecule has 40 heavy (non-hydrogen) atoms. The van der Waals surface area contributed by atoms with Gasteiger partial charge >= 0.3 is 7.12 Å². The van der Waals surface area contributed by atoms with Gasteiger partial charge in [0.15, 0.2) is 0 Å². The molecule has 0 aliphatic carbocycles. The summed E-state index contributed by atoms with van der Waals surface area (Å²) < 4.78 is 19.2. The van der Waals surface area contributed by atoms with Crippen molar-refractivity contribution in [1.82, 2.24) is 0 Å². The molecule has 1 fully saturated rings. The van der Waals surface area contributed by atoms with Gasteiger partial charge in [0.2, 0.25) is 0 Å². The van der Waals surface area contributed by atoms with Gasteiger partial charge in [0.25, 0.3) is 0 Å². The lowest BCUT2D eigenvalue weighted by molar-refractivity contribution is 0.00578. The van der Waals surface area contributed by atoms with E-state index in [4.69, 9.17) is 13.7 Å². The van der Waals surface area contributed by atoms with E-state index in [9.17, 15) is 0 Å². The lowest BCUT2D eigenvalue weighted by Crippen LogP contribution is -2.41. The van der Waals surface area contributed by atoms with Gasteiger partial charge in [-0.25, -0.2) is 0 Å². The van der Waals surface area contributed by atoms with Gasteiger partial charge in [-0.3, -0.25) is 0 Å². The maximum Gasteiger partial charge on any atom is 0.495 e. The molecule has 2 heterocycles. The second-order valence-electron chi connectivity index (χ2n) is 11.7. The van der Waals surface area contributed by atoms with Gasteiger partial charge in [-0.15, -0.1) is 0 Å². The molecule has 1 aliphatic heterocycles. The smallest absolute Gasteiger partial charge is 0.456 e. The molecule has 7 rings (SSSR count). The van der Waals surface area contributed by atoms with Crippen molar-refractivity contribution in [1.29, 1.82) is 0 Å². The van der Waals surface area contributed by atoms with Crippen LogP contribution in [0.3, 0.4) is 0 Å². The predicted octanol–water partition coefficient (Wildman–Crippen LogP) is 8.89. The monoisotopic (exact) mass is 522 g/mol. The van der Waals surface area contributed by atoms with Crippen molar-refractivity contribution in [2.75, 3.05) is 0 Å². The summed E-state index contributed by atoms with van der Waals surface area (Å²) in [5.41, 5.74) is 8.89. The van der Waals surface area contributed by atoms with Gasteiger partial charge < -0.3 is 13.7 Å². The number of hydrogen-bond donors (Lipinski definition) is 0. The highest BCUT2D eigenvalue weighted by Gasteiger charge is 2.52. The molecule has 0 unspecified atom stereocenters. The van der Waals surface area contributed by atoms with E-state index >= 15 is 0 Å². The van der Waals surface area contributed by atoms with Gasteiger partial charge in [-0.2, -0.15) is 0 Å². The molecule has 4 heteroatoms. The van der Waals surface area contributed by atoms with Gasteiger partial charge in [0.05, 0.1) is 11.2 Å². The molecule has 0 N–H and O–H groups in total. The van der Waals surface area contributed by atoms with E-state index in [0.29, 0.717) is 0 Å². The Morgan fingerprint density at radius 3 is 1.60 bits per heavy atom. The first-order valence-corrected chi connectivity index (χ1v) is 13.9. The Morgan fingerprint density at radius 2 is 1.02 bits per heavy atom. The molecular formula is C36H31BO3. The van der Waals surface area contributed by atoms with Gasteiger partial charge in [-0.1, -0.05) is 78.9 Å². The van der Waals surface area contributed by atoms with E-state index in [-0.39, 0.29) is 0 Å². The van der Waals surface area contributed by atoms with Crippen molar-refractivity contribution < 1.29 is 13.7 Å². The van der Waals surface area contributed by atoms with Crippen LogP contribution >= 0.6 is 0 Å². The third-order valence-corrected chi connectivity index (χ3v) is 8.52. The Balaban J connectivity index is 1.41. The van der Waals surface area contributed by atoms with E-state index in [1.54, 1.807) is 0 Å². The average Bonchev–Trinajstić information content (AvgIpc) is 3.45. The van der Waals surface area contributed by atoms with Gasteiger partial charge in [0.1, 0.15) is 11.2 Å². The van der Waals surface area contributed by atoms with Crippen LogP contribution in [0.15, 0.2) is 120 Å². The third-order valence-electron chi connectivity index (χ3n) is 8.52. The Morgan fingerprint density at radius 1 is 0.475 bits per heavy atom. The summed E-state index contributed by atoms with van der Waals surface area (Å²) in [5, 5.41) is 2.10. The summed E-state index contributed by atoms with van der Waals surface area (Å²) >= 11 is 0. The molecule has 0 amide bonds. The summed E-state index contributed by atoms with van der Waals surface area (Å²) in [7, 11) is -0.468. The fourth-order valence-corrected chi connectivity index (χ4v) is 5.59. The minimum absolute atomic E-state index is 0.420. The van der Waals surface area contributed by atoms with Crippen molar-refractivity contribution in [3.63, 3.8) is 0 Å². The number of furan rings is 1. The molecule has 0 atom stereocenters. The lowest BCUT2D eigenvalue weighted by atomic mass is 9.76. The van der Waals surface area contributed by atoms with Crippen LogP contribution in [0.1, 0.15) is 27.7 Å². The largest absolute Gasteiger partial charge is 0.495 e. The Kier molecular flexibility index (Phi) is 5.74. The molecule has 0 saturated carbocycles. The predicted molar refractivity (Wildman–Crippen MR) is 166 cm³/mol. The first kappa shape index (κ1) is 24.9. The quantitative estimate of drug-likeness (QED) is 0.217. The maximum atomic E-state index is 6.46. The Bertz CT molecular complexity index is 1780. The van der Waals surface area contributed by atoms with Crippen LogP contribution in [-0.2, 0) is 9.31 Å². The highest BCUT2D eigenvalue weighted by Crippen LogP contribution is 2.39. The lowest BCUT2D eigenvalue weighted by Gasteiger charge is -2.32. The minimum atomic E-state index is -0.468. The summed E-state index contributed by atoms with van der Waals surface area (Å²) in [4.78, 5) is 0. The van der Waals surface area contributed by atoms with E-state index in [0.717, 1.165) is 38.5 Å². The second kappa shape index (κ2) is 9.23. The molecule has 1 aromatic heterocycles. The molecule has 0 radical (unpaired) electrons. The highest BCUT2D eigenvalue weighted by atomic mass is 16.7. The SMILES string of the molecule is CC1(C)OB(c2cccc3oc4ccc(-c5cc(-c6ccccc6)cc(-c6ccccc6)c5)cc4c23)OC1(C)C. The first-order chi connectivity index (χ1) is 19.3. The van der Waals surface area contributed by atoms with Crippen LogP contribution in [0.5, 0.6) is 0 Å². The second-order valence-corrected chi connectivity index (χ2v) is 11.7. The standard InChI is InChI=1S/C36H31BO3/c1-35(2)36(3,4)40-37(39-35)31-16-11-17-33-34(31)30-23-26(18-19-32(30)38-33)29-21-27(24-12-7-5-8-13-24)20-28(22-29)25-14-9-6-10-15-25/h5-23H,1-4H3. The van der Waals surface area contributed by atoms with Crippen molar-refractivity contribution >= 4 is 34.5 Å². The van der Waals surface area contributed by atoms with Crippen LogP contribution in [-0.4, -0.2) is 18.3 Å². The Labute approximate surface area is 235 Å². The van der Waals surface area contributed by atoms with Crippen LogP contribution in [0, 0.1) is 0 Å². The Hall–Kier alpha value is -4.12. The average molecular weight is 522 g/mol. The molecular weight excluding hydrogens is 491 g/mol. The zero-order chi connectivity index (χ0) is 27.5. The molecule has 196 valence electrons. The van der Waals surface area contributed by atoms with Crippen LogP contribution in [0.2, 0.25) is 0 Å². The topological polar surface area (TPSA) is 31.6 Å². The van der Waals surface area contributed by atoms with Gasteiger partial charge in [-0.05, 0) is 103 Å². The van der Waals surface area contributed by atoms with Crippen molar-refractivity contribution in [3.8, 4) is 33.4 Å². The normalized spacial score (nSPS) is 16.1. The first-order valence-electron chi connectivity index (χ1n) is 13.9. The highest BCUT2D eigenvalue weighted by molar-refractivity contribution is 6.66. The fraction of sp³-hybridized carbons (Fsp3) is 0.167. The number of hydrogen-bond acceptors (Lipinski definition) is 3. The molecule has 6 aromatic rings. The maximum absolute atomic E-state index is 6.46. The van der Waals surface area contributed by atoms with Crippen LogP contribution in [0.4, 0.5) is 0 Å². The van der Waals surface area contributed by atoms with E-state index in [2.05, 4.69) is 131 Å². The van der Waals surface area contributed by atoms with Crippen LogP contribution < -0.4 is 5.46 Å². The minimum Gasteiger partial charge on any atom is -0.456 e. The van der Waals surface area contributed by atoms with Crippen LogP contribution in [0.25, 0.3) is 55.3 Å². The molecule has 0 bridgehead atoms. The summed E-state index contributed by atoms with van der Waals surface area (Å²) in [6, 6.07) is 40.6. The van der Waals surface area contributed by atoms with Crippen molar-refractivity contribution in [3.05, 3.63) is 115 Å². The number of benzene rings is 5. The van der Waals surface area contributed by atoms with Gasteiger partial charge in [0, 0.05) is 10.8 Å². The number of fused-ring (bicyclic) bond motifs is 3. The molecule has 5 aromatic carbocycles. The molecule has 0 spiro atoms. The molecule has 1 saturated heterocycles.